The molecule has 1 rings (SSSR count). The largest absolute Gasteiger partial charge is 0.370 e. The van der Waals surface area contributed by atoms with E-state index in [1.807, 2.05) is 0 Å². The number of hydrogen-bond donors (Lipinski definition) is 2. The van der Waals surface area contributed by atoms with E-state index in [9.17, 15) is 0 Å². The highest BCUT2D eigenvalue weighted by atomic mass is 15.2. The maximum Gasteiger partial charge on any atom is 0.188 e. The van der Waals surface area contributed by atoms with Crippen LogP contribution >= 0.6 is 0 Å². The maximum absolute atomic E-state index is 5.63. The summed E-state index contributed by atoms with van der Waals surface area (Å²) >= 11 is 0. The lowest BCUT2D eigenvalue weighted by atomic mass is 9.96. The summed E-state index contributed by atoms with van der Waals surface area (Å²) < 4.78 is 0. The summed E-state index contributed by atoms with van der Waals surface area (Å²) in [5, 5.41) is 3.18. The first-order chi connectivity index (χ1) is 6.60. The number of nitrogens with one attached hydrogen (secondary N) is 1. The summed E-state index contributed by atoms with van der Waals surface area (Å²) in [5.74, 6) is 0.540. The Hall–Kier alpha value is -0.770. The fourth-order valence-corrected chi connectivity index (χ4v) is 2.15. The number of aliphatic imine (C=N–C) groups is 1. The predicted molar refractivity (Wildman–Crippen MR) is 60.4 cm³/mol. The molecular formula is C10H22N4. The number of nitrogens with zero attached hydrogens (tertiary/aromatic N) is 2. The third-order valence-electron chi connectivity index (χ3n) is 3.32. The fourth-order valence-electron chi connectivity index (χ4n) is 2.15. The van der Waals surface area contributed by atoms with Gasteiger partial charge >= 0.3 is 0 Å². The van der Waals surface area contributed by atoms with Crippen molar-refractivity contribution < 1.29 is 0 Å². The molecule has 0 unspecified atom stereocenters. The van der Waals surface area contributed by atoms with Gasteiger partial charge in [0, 0.05) is 19.1 Å². The lowest BCUT2D eigenvalue weighted by molar-refractivity contribution is 0.161. The highest BCUT2D eigenvalue weighted by Gasteiger charge is 2.35. The Morgan fingerprint density at radius 2 is 2.00 bits per heavy atom. The second kappa shape index (κ2) is 4.64. The molecule has 0 saturated heterocycles. The molecular weight excluding hydrogens is 176 g/mol. The molecule has 0 heterocycles. The highest BCUT2D eigenvalue weighted by Crippen LogP contribution is 2.32. The van der Waals surface area contributed by atoms with Gasteiger partial charge in [0.1, 0.15) is 0 Å². The second-order valence-electron chi connectivity index (χ2n) is 4.29. The quantitative estimate of drug-likeness (QED) is 0.510. The van der Waals surface area contributed by atoms with E-state index in [4.69, 9.17) is 5.73 Å². The van der Waals surface area contributed by atoms with E-state index >= 15 is 0 Å². The number of hydrogen-bond acceptors (Lipinski definition) is 2. The van der Waals surface area contributed by atoms with Gasteiger partial charge in [-0.25, -0.2) is 0 Å². The number of rotatable bonds is 3. The van der Waals surface area contributed by atoms with Crippen LogP contribution in [-0.4, -0.2) is 44.1 Å². The zero-order chi connectivity index (χ0) is 10.6. The Morgan fingerprint density at radius 1 is 1.43 bits per heavy atom. The van der Waals surface area contributed by atoms with Gasteiger partial charge in [-0.3, -0.25) is 4.99 Å². The third kappa shape index (κ3) is 2.38. The number of nitrogens with two attached hydrogens (primary N) is 1. The van der Waals surface area contributed by atoms with Crippen molar-refractivity contribution in [2.45, 2.75) is 31.2 Å². The molecule has 0 bridgehead atoms. The normalized spacial score (nSPS) is 21.6. The molecule has 0 radical (unpaired) electrons. The molecule has 0 aromatic rings. The van der Waals surface area contributed by atoms with Crippen molar-refractivity contribution >= 4 is 5.96 Å². The summed E-state index contributed by atoms with van der Waals surface area (Å²) in [5.41, 5.74) is 5.92. The molecule has 82 valence electrons. The monoisotopic (exact) mass is 198 g/mol. The lowest BCUT2D eigenvalue weighted by Crippen LogP contribution is -2.52. The summed E-state index contributed by atoms with van der Waals surface area (Å²) in [7, 11) is 6.00. The van der Waals surface area contributed by atoms with Gasteiger partial charge in [-0.05, 0) is 26.9 Å². The van der Waals surface area contributed by atoms with Gasteiger partial charge in [0.2, 0.25) is 0 Å². The molecule has 0 spiro atoms. The maximum atomic E-state index is 5.63. The van der Waals surface area contributed by atoms with Crippen molar-refractivity contribution in [1.29, 1.82) is 0 Å². The van der Waals surface area contributed by atoms with Gasteiger partial charge in [0.05, 0.1) is 0 Å². The van der Waals surface area contributed by atoms with Gasteiger partial charge in [-0.2, -0.15) is 0 Å². The minimum atomic E-state index is 0.287. The minimum absolute atomic E-state index is 0.287. The van der Waals surface area contributed by atoms with Crippen LogP contribution in [0.1, 0.15) is 25.7 Å². The van der Waals surface area contributed by atoms with Crippen LogP contribution in [0.3, 0.4) is 0 Å². The van der Waals surface area contributed by atoms with Crippen LogP contribution in [0, 0.1) is 0 Å². The molecule has 14 heavy (non-hydrogen) atoms. The Morgan fingerprint density at radius 3 is 2.43 bits per heavy atom. The SMILES string of the molecule is CN=C(N)NCC1(N(C)C)CCCC1. The van der Waals surface area contributed by atoms with Crippen molar-refractivity contribution in [3.05, 3.63) is 0 Å². The molecule has 1 aliphatic rings. The highest BCUT2D eigenvalue weighted by molar-refractivity contribution is 5.77. The van der Waals surface area contributed by atoms with E-state index in [1.54, 1.807) is 7.05 Å². The van der Waals surface area contributed by atoms with Crippen molar-refractivity contribution in [1.82, 2.24) is 10.2 Å². The molecule has 4 heteroatoms. The molecule has 1 saturated carbocycles. The number of guanidine groups is 1. The van der Waals surface area contributed by atoms with E-state index in [2.05, 4.69) is 29.3 Å². The minimum Gasteiger partial charge on any atom is -0.370 e. The first-order valence-electron chi connectivity index (χ1n) is 5.24. The van der Waals surface area contributed by atoms with Gasteiger partial charge in [-0.1, -0.05) is 12.8 Å². The summed E-state index contributed by atoms with van der Waals surface area (Å²) in [6.07, 6.45) is 5.15. The Kier molecular flexibility index (Phi) is 3.75. The molecule has 0 aromatic carbocycles. The standard InChI is InChI=1S/C10H22N4/c1-12-9(11)13-8-10(14(2)3)6-4-5-7-10/h4-8H2,1-3H3,(H3,11,12,13). The third-order valence-corrected chi connectivity index (χ3v) is 3.32. The second-order valence-corrected chi connectivity index (χ2v) is 4.29. The Bertz CT molecular complexity index is 204. The lowest BCUT2D eigenvalue weighted by Gasteiger charge is -2.36. The summed E-state index contributed by atoms with van der Waals surface area (Å²) in [4.78, 5) is 6.22. The zero-order valence-electron chi connectivity index (χ0n) is 9.51. The predicted octanol–water partition coefficient (Wildman–Crippen LogP) is 0.395. The van der Waals surface area contributed by atoms with E-state index in [-0.39, 0.29) is 5.54 Å². The van der Waals surface area contributed by atoms with Crippen LogP contribution in [0.15, 0.2) is 4.99 Å². The van der Waals surface area contributed by atoms with Crippen LogP contribution in [0.5, 0.6) is 0 Å². The van der Waals surface area contributed by atoms with Gasteiger partial charge < -0.3 is 16.0 Å². The zero-order valence-corrected chi connectivity index (χ0v) is 9.51. The van der Waals surface area contributed by atoms with E-state index in [1.165, 1.54) is 25.7 Å². The molecule has 4 nitrogen and oxygen atoms in total. The first kappa shape index (κ1) is 11.3. The molecule has 0 aliphatic heterocycles. The van der Waals surface area contributed by atoms with Gasteiger partial charge in [-0.15, -0.1) is 0 Å². The molecule has 3 N–H and O–H groups in total. The van der Waals surface area contributed by atoms with Crippen molar-refractivity contribution in [2.24, 2.45) is 10.7 Å². The summed E-state index contributed by atoms with van der Waals surface area (Å²) in [6.45, 7) is 0.906. The smallest absolute Gasteiger partial charge is 0.188 e. The Labute approximate surface area is 86.6 Å². The molecule has 0 atom stereocenters. The van der Waals surface area contributed by atoms with Crippen molar-refractivity contribution in [3.63, 3.8) is 0 Å². The Balaban J connectivity index is 2.52. The number of likely N-dealkylation sites (N-methyl/N-ethyl adjacent to an activating group) is 1. The average molecular weight is 198 g/mol. The summed E-state index contributed by atoms with van der Waals surface area (Å²) in [6, 6.07) is 0. The van der Waals surface area contributed by atoms with Crippen LogP contribution < -0.4 is 11.1 Å². The van der Waals surface area contributed by atoms with Crippen LogP contribution in [-0.2, 0) is 0 Å². The molecule has 0 aromatic heterocycles. The average Bonchev–Trinajstić information content (AvgIpc) is 2.64. The van der Waals surface area contributed by atoms with E-state index in [0.29, 0.717) is 5.96 Å². The topological polar surface area (TPSA) is 53.6 Å². The first-order valence-corrected chi connectivity index (χ1v) is 5.24. The molecule has 0 amide bonds. The molecule has 1 aliphatic carbocycles. The fraction of sp³-hybridized carbons (Fsp3) is 0.900. The van der Waals surface area contributed by atoms with Crippen molar-refractivity contribution in [2.75, 3.05) is 27.7 Å². The van der Waals surface area contributed by atoms with Crippen LogP contribution in [0.4, 0.5) is 0 Å². The van der Waals surface area contributed by atoms with Crippen LogP contribution in [0.25, 0.3) is 0 Å². The van der Waals surface area contributed by atoms with Crippen molar-refractivity contribution in [3.8, 4) is 0 Å². The molecule has 1 fully saturated rings. The van der Waals surface area contributed by atoms with Crippen LogP contribution in [0.2, 0.25) is 0 Å². The van der Waals surface area contributed by atoms with Gasteiger partial charge in [0.15, 0.2) is 5.96 Å². The van der Waals surface area contributed by atoms with E-state index in [0.717, 1.165) is 6.54 Å². The van der Waals surface area contributed by atoms with Gasteiger partial charge in [0.25, 0.3) is 0 Å². The van der Waals surface area contributed by atoms with E-state index < -0.39 is 0 Å².